The highest BCUT2D eigenvalue weighted by atomic mass is 28.4. The van der Waals surface area contributed by atoms with Gasteiger partial charge in [0.05, 0.1) is 18.8 Å². The van der Waals surface area contributed by atoms with E-state index in [0.717, 1.165) is 49.5 Å². The monoisotopic (exact) mass is 624 g/mol. The minimum Gasteiger partial charge on any atom is -0.414 e. The van der Waals surface area contributed by atoms with Crippen LogP contribution < -0.4 is 0 Å². The molecule has 0 saturated heterocycles. The molecule has 4 fully saturated rings. The zero-order chi connectivity index (χ0) is 32.1. The predicted molar refractivity (Wildman–Crippen MR) is 187 cm³/mol. The van der Waals surface area contributed by atoms with Crippen LogP contribution in [0.5, 0.6) is 0 Å². The third-order valence-corrected chi connectivity index (χ3v) is 19.1. The van der Waals surface area contributed by atoms with E-state index in [-0.39, 0.29) is 11.1 Å². The summed E-state index contributed by atoms with van der Waals surface area (Å²) in [7, 11) is -1.79. The Kier molecular flexibility index (Phi) is 10.3. The highest BCUT2D eigenvalue weighted by Gasteiger charge is 2.63. The maximum atomic E-state index is 10.7. The van der Waals surface area contributed by atoms with E-state index in [1.165, 1.54) is 50.5 Å². The van der Waals surface area contributed by atoms with Crippen molar-refractivity contribution in [2.24, 2.45) is 52.3 Å². The zero-order valence-electron chi connectivity index (χ0n) is 30.2. The van der Waals surface area contributed by atoms with Crippen LogP contribution in [0.3, 0.4) is 0 Å². The number of rotatable bonds is 10. The van der Waals surface area contributed by atoms with E-state index in [0.29, 0.717) is 40.8 Å². The fourth-order valence-electron chi connectivity index (χ4n) is 10.8. The lowest BCUT2D eigenvalue weighted by atomic mass is 9.43. The second-order valence-corrected chi connectivity index (χ2v) is 23.2. The molecule has 5 rings (SSSR count). The highest BCUT2D eigenvalue weighted by Crippen LogP contribution is 2.69. The van der Waals surface area contributed by atoms with Crippen molar-refractivity contribution in [1.29, 1.82) is 0 Å². The van der Waals surface area contributed by atoms with E-state index >= 15 is 0 Å². The number of fused-ring (bicyclic) bond motifs is 5. The van der Waals surface area contributed by atoms with Gasteiger partial charge in [-0.2, -0.15) is 0 Å². The van der Waals surface area contributed by atoms with E-state index in [4.69, 9.17) is 9.16 Å². The predicted octanol–water partition coefficient (Wildman–Crippen LogP) is 10.7. The van der Waals surface area contributed by atoms with Crippen LogP contribution in [0, 0.1) is 52.3 Å². The van der Waals surface area contributed by atoms with Gasteiger partial charge < -0.3 is 14.3 Å². The number of hydrogen-bond acceptors (Lipinski definition) is 3. The van der Waals surface area contributed by atoms with Crippen LogP contribution >= 0.6 is 0 Å². The Balaban J connectivity index is 1.33. The van der Waals surface area contributed by atoms with Crippen LogP contribution in [-0.2, 0) is 15.8 Å². The molecule has 4 heteroatoms. The quantitative estimate of drug-likeness (QED) is 0.263. The van der Waals surface area contributed by atoms with E-state index in [9.17, 15) is 5.11 Å². The first-order valence-electron chi connectivity index (χ1n) is 18.6. The minimum absolute atomic E-state index is 0.125. The van der Waals surface area contributed by atoms with Crippen molar-refractivity contribution in [3.05, 3.63) is 35.9 Å². The molecule has 11 atom stereocenters. The molecule has 0 aromatic heterocycles. The van der Waals surface area contributed by atoms with Gasteiger partial charge in [-0.3, -0.25) is 0 Å². The molecule has 1 N–H and O–H groups in total. The van der Waals surface area contributed by atoms with E-state index < -0.39 is 8.32 Å². The molecule has 1 aromatic carbocycles. The summed E-state index contributed by atoms with van der Waals surface area (Å²) in [6.07, 6.45) is 12.8. The van der Waals surface area contributed by atoms with Gasteiger partial charge in [-0.25, -0.2) is 0 Å². The van der Waals surface area contributed by atoms with Crippen LogP contribution in [0.15, 0.2) is 30.3 Å². The second-order valence-electron chi connectivity index (χ2n) is 18.4. The normalized spacial score (nSPS) is 39.0. The van der Waals surface area contributed by atoms with Crippen LogP contribution in [0.1, 0.15) is 125 Å². The van der Waals surface area contributed by atoms with Crippen molar-refractivity contribution in [1.82, 2.24) is 0 Å². The summed E-state index contributed by atoms with van der Waals surface area (Å²) in [5.74, 6) is 4.80. The molecule has 0 spiro atoms. The van der Waals surface area contributed by atoms with Gasteiger partial charge in [0.15, 0.2) is 8.32 Å². The Morgan fingerprint density at radius 2 is 1.55 bits per heavy atom. The standard InChI is InChI=1S/C40H68O3Si/c1-27(2)35(43-44(9,10)38(4,5)6)19-16-28(3)32-17-18-33-37-34(21-23-40(32,33)8)39(7)22-20-31(41)24-30(39)25-36(37)42-26-29-14-12-11-13-15-29/h11-15,27-28,30-37,41H,16-26H2,1-10H3/t28-,30?,31+,32-,33+,34+,35?,36-,37+,39+,40-/m1/s1. The molecule has 0 aliphatic heterocycles. The number of aliphatic hydroxyl groups excluding tert-OH is 1. The van der Waals surface area contributed by atoms with Crippen molar-refractivity contribution in [3.63, 3.8) is 0 Å². The van der Waals surface area contributed by atoms with Gasteiger partial charge in [0, 0.05) is 6.10 Å². The molecule has 44 heavy (non-hydrogen) atoms. The molecule has 0 heterocycles. The molecular weight excluding hydrogens is 557 g/mol. The Morgan fingerprint density at radius 1 is 0.886 bits per heavy atom. The van der Waals surface area contributed by atoms with Gasteiger partial charge in [-0.15, -0.1) is 0 Å². The summed E-state index contributed by atoms with van der Waals surface area (Å²) in [6, 6.07) is 10.8. The van der Waals surface area contributed by atoms with Crippen LogP contribution in [0.25, 0.3) is 0 Å². The SMILES string of the molecule is CC(C)C(CC[C@@H](C)[C@H]1CC[C@H]2[C@@H]3[C@H](OCc4ccccc4)CC4C[C@@H](O)CC[C@]4(C)[C@H]3CC[C@]12C)O[Si](C)(C)C(C)(C)C. The topological polar surface area (TPSA) is 38.7 Å². The van der Waals surface area contributed by atoms with Gasteiger partial charge in [0.2, 0.25) is 0 Å². The largest absolute Gasteiger partial charge is 0.414 e. The third-order valence-electron chi connectivity index (χ3n) is 14.6. The fraction of sp³-hybridized carbons (Fsp3) is 0.850. The van der Waals surface area contributed by atoms with E-state index in [2.05, 4.69) is 98.8 Å². The summed E-state index contributed by atoms with van der Waals surface area (Å²) in [4.78, 5) is 0. The lowest BCUT2D eigenvalue weighted by Crippen LogP contribution is -2.59. The first-order valence-corrected chi connectivity index (χ1v) is 21.5. The molecule has 4 aliphatic rings. The summed E-state index contributed by atoms with van der Waals surface area (Å²) in [6.45, 7) is 25.3. The van der Waals surface area contributed by atoms with Crippen molar-refractivity contribution < 1.29 is 14.3 Å². The first kappa shape index (κ1) is 34.6. The molecule has 0 bridgehead atoms. The van der Waals surface area contributed by atoms with Crippen molar-refractivity contribution in [2.45, 2.75) is 163 Å². The summed E-state index contributed by atoms with van der Waals surface area (Å²) >= 11 is 0. The molecule has 2 unspecified atom stereocenters. The van der Waals surface area contributed by atoms with Crippen molar-refractivity contribution in [3.8, 4) is 0 Å². The lowest BCUT2D eigenvalue weighted by molar-refractivity contribution is -0.191. The van der Waals surface area contributed by atoms with E-state index in [1.807, 2.05) is 0 Å². The second kappa shape index (κ2) is 13.1. The minimum atomic E-state index is -1.79. The van der Waals surface area contributed by atoms with Crippen LogP contribution in [0.4, 0.5) is 0 Å². The fourth-order valence-corrected chi connectivity index (χ4v) is 12.3. The number of hydrogen-bond donors (Lipinski definition) is 1. The number of benzene rings is 1. The molecular formula is C40H68O3Si. The zero-order valence-corrected chi connectivity index (χ0v) is 31.2. The van der Waals surface area contributed by atoms with E-state index in [1.54, 1.807) is 0 Å². The molecule has 250 valence electrons. The average Bonchev–Trinajstić information content (AvgIpc) is 3.31. The van der Waals surface area contributed by atoms with Crippen LogP contribution in [0.2, 0.25) is 18.1 Å². The average molecular weight is 625 g/mol. The molecule has 0 radical (unpaired) electrons. The lowest BCUT2D eigenvalue weighted by Gasteiger charge is -2.63. The molecule has 4 aliphatic carbocycles. The van der Waals surface area contributed by atoms with Gasteiger partial charge in [0.1, 0.15) is 0 Å². The third kappa shape index (κ3) is 6.67. The van der Waals surface area contributed by atoms with Gasteiger partial charge in [0.25, 0.3) is 0 Å². The summed E-state index contributed by atoms with van der Waals surface area (Å²) in [5, 5.41) is 11.0. The summed E-state index contributed by atoms with van der Waals surface area (Å²) in [5.41, 5.74) is 2.05. The summed E-state index contributed by atoms with van der Waals surface area (Å²) < 4.78 is 14.0. The molecule has 1 aromatic rings. The maximum Gasteiger partial charge on any atom is 0.192 e. The van der Waals surface area contributed by atoms with Gasteiger partial charge in [-0.05, 0) is 140 Å². The highest BCUT2D eigenvalue weighted by molar-refractivity contribution is 6.74. The Bertz CT molecular complexity index is 1080. The Labute approximate surface area is 272 Å². The van der Waals surface area contributed by atoms with Gasteiger partial charge in [-0.1, -0.05) is 85.7 Å². The Hall–Kier alpha value is -0.683. The van der Waals surface area contributed by atoms with Gasteiger partial charge >= 0.3 is 0 Å². The maximum absolute atomic E-state index is 10.7. The number of aliphatic hydroxyl groups is 1. The number of ether oxygens (including phenoxy) is 1. The first-order chi connectivity index (χ1) is 20.6. The smallest absolute Gasteiger partial charge is 0.192 e. The molecule has 0 amide bonds. The Morgan fingerprint density at radius 3 is 2.20 bits per heavy atom. The van der Waals surface area contributed by atoms with Crippen molar-refractivity contribution >= 4 is 8.32 Å². The molecule has 3 nitrogen and oxygen atoms in total. The molecule has 4 saturated carbocycles. The van der Waals surface area contributed by atoms with Crippen LogP contribution in [-0.4, -0.2) is 31.7 Å². The van der Waals surface area contributed by atoms with Crippen molar-refractivity contribution in [2.75, 3.05) is 0 Å².